The number of nitrogens with one attached hydrogen (secondary N) is 2. The SMILES string of the molecule is CC(CCC(=O)O)NC(=O)COCCNC(=O)OCC1c2ccccc2-c2ccccc21. The number of carbonyl (C=O) groups is 3. The van der Waals surface area contributed by atoms with Gasteiger partial charge in [0.2, 0.25) is 5.91 Å². The average Bonchev–Trinajstić information content (AvgIpc) is 3.10. The van der Waals surface area contributed by atoms with E-state index < -0.39 is 12.1 Å². The lowest BCUT2D eigenvalue weighted by molar-refractivity contribution is -0.137. The van der Waals surface area contributed by atoms with Crippen molar-refractivity contribution in [2.24, 2.45) is 0 Å². The van der Waals surface area contributed by atoms with E-state index >= 15 is 0 Å². The van der Waals surface area contributed by atoms with Gasteiger partial charge in [0.25, 0.3) is 0 Å². The van der Waals surface area contributed by atoms with Gasteiger partial charge < -0.3 is 25.2 Å². The molecule has 0 aliphatic heterocycles. The molecule has 1 aliphatic carbocycles. The van der Waals surface area contributed by atoms with Crippen molar-refractivity contribution in [3.8, 4) is 11.1 Å². The predicted octanol–water partition coefficient (Wildman–Crippen LogP) is 2.91. The first-order chi connectivity index (χ1) is 15.5. The summed E-state index contributed by atoms with van der Waals surface area (Å²) in [4.78, 5) is 34.4. The highest BCUT2D eigenvalue weighted by Gasteiger charge is 2.28. The molecule has 0 bridgehead atoms. The van der Waals surface area contributed by atoms with Crippen molar-refractivity contribution in [3.05, 3.63) is 59.7 Å². The molecule has 0 fully saturated rings. The van der Waals surface area contributed by atoms with Crippen molar-refractivity contribution < 1.29 is 29.0 Å². The van der Waals surface area contributed by atoms with E-state index in [9.17, 15) is 14.4 Å². The van der Waals surface area contributed by atoms with Gasteiger partial charge in [-0.05, 0) is 35.6 Å². The van der Waals surface area contributed by atoms with Gasteiger partial charge in [0.1, 0.15) is 13.2 Å². The third-order valence-electron chi connectivity index (χ3n) is 5.29. The molecule has 2 aromatic carbocycles. The van der Waals surface area contributed by atoms with Crippen molar-refractivity contribution in [1.29, 1.82) is 0 Å². The fourth-order valence-electron chi connectivity index (χ4n) is 3.77. The van der Waals surface area contributed by atoms with Crippen molar-refractivity contribution in [3.63, 3.8) is 0 Å². The Morgan fingerprint density at radius 2 is 1.66 bits per heavy atom. The topological polar surface area (TPSA) is 114 Å². The van der Waals surface area contributed by atoms with Gasteiger partial charge in [-0.2, -0.15) is 0 Å². The molecule has 32 heavy (non-hydrogen) atoms. The van der Waals surface area contributed by atoms with Gasteiger partial charge in [0, 0.05) is 24.9 Å². The Bertz CT molecular complexity index is 916. The van der Waals surface area contributed by atoms with Crippen LogP contribution in [0.25, 0.3) is 11.1 Å². The monoisotopic (exact) mass is 440 g/mol. The average molecular weight is 440 g/mol. The van der Waals surface area contributed by atoms with Gasteiger partial charge >= 0.3 is 12.1 Å². The van der Waals surface area contributed by atoms with E-state index in [1.165, 1.54) is 11.1 Å². The number of fused-ring (bicyclic) bond motifs is 3. The molecule has 0 radical (unpaired) electrons. The summed E-state index contributed by atoms with van der Waals surface area (Å²) in [6.07, 6.45) is -0.196. The summed E-state index contributed by atoms with van der Waals surface area (Å²) in [7, 11) is 0. The quantitative estimate of drug-likeness (QED) is 0.463. The Morgan fingerprint density at radius 3 is 2.28 bits per heavy atom. The lowest BCUT2D eigenvalue weighted by Crippen LogP contribution is -2.36. The van der Waals surface area contributed by atoms with Crippen LogP contribution in [0.3, 0.4) is 0 Å². The smallest absolute Gasteiger partial charge is 0.407 e. The van der Waals surface area contributed by atoms with E-state index in [0.717, 1.165) is 11.1 Å². The Balaban J connectivity index is 1.34. The van der Waals surface area contributed by atoms with Gasteiger partial charge in [-0.1, -0.05) is 48.5 Å². The molecule has 0 aromatic heterocycles. The second-order valence-electron chi connectivity index (χ2n) is 7.71. The minimum absolute atomic E-state index is 0.00351. The number of carbonyl (C=O) groups excluding carboxylic acids is 2. The molecule has 3 N–H and O–H groups in total. The molecule has 3 rings (SSSR count). The minimum Gasteiger partial charge on any atom is -0.481 e. The third-order valence-corrected chi connectivity index (χ3v) is 5.29. The van der Waals surface area contributed by atoms with Crippen molar-refractivity contribution in [2.75, 3.05) is 26.4 Å². The normalized spacial score (nSPS) is 13.0. The number of aliphatic carboxylic acids is 1. The number of hydrogen-bond donors (Lipinski definition) is 3. The maximum Gasteiger partial charge on any atom is 0.407 e. The molecule has 8 heteroatoms. The molecule has 2 aromatic rings. The number of carboxylic acids is 1. The zero-order valence-electron chi connectivity index (χ0n) is 18.0. The van der Waals surface area contributed by atoms with Gasteiger partial charge in [0.05, 0.1) is 6.61 Å². The van der Waals surface area contributed by atoms with Gasteiger partial charge in [-0.25, -0.2) is 4.79 Å². The van der Waals surface area contributed by atoms with E-state index in [1.54, 1.807) is 6.92 Å². The number of amides is 2. The summed E-state index contributed by atoms with van der Waals surface area (Å²) in [6.45, 7) is 2.17. The molecular formula is C24H28N2O6. The first-order valence-corrected chi connectivity index (χ1v) is 10.6. The molecule has 170 valence electrons. The number of benzene rings is 2. The van der Waals surface area contributed by atoms with Crippen LogP contribution in [0.4, 0.5) is 4.79 Å². The summed E-state index contributed by atoms with van der Waals surface area (Å²) in [5.74, 6) is -1.23. The Kier molecular flexibility index (Phi) is 8.21. The Hall–Kier alpha value is -3.39. The molecule has 1 atom stereocenters. The van der Waals surface area contributed by atoms with E-state index in [4.69, 9.17) is 14.6 Å². The highest BCUT2D eigenvalue weighted by atomic mass is 16.5. The molecule has 0 saturated carbocycles. The van der Waals surface area contributed by atoms with E-state index in [1.807, 2.05) is 24.3 Å². The predicted molar refractivity (Wildman–Crippen MR) is 118 cm³/mol. The second kappa shape index (κ2) is 11.3. The fourth-order valence-corrected chi connectivity index (χ4v) is 3.77. The highest BCUT2D eigenvalue weighted by Crippen LogP contribution is 2.44. The molecule has 8 nitrogen and oxygen atoms in total. The van der Waals surface area contributed by atoms with Gasteiger partial charge in [-0.15, -0.1) is 0 Å². The maximum absolute atomic E-state index is 12.1. The van der Waals surface area contributed by atoms with Crippen LogP contribution in [0.15, 0.2) is 48.5 Å². The third kappa shape index (κ3) is 6.31. The van der Waals surface area contributed by atoms with Crippen LogP contribution < -0.4 is 10.6 Å². The molecule has 0 saturated heterocycles. The van der Waals surface area contributed by atoms with Crippen molar-refractivity contribution in [2.45, 2.75) is 31.7 Å². The van der Waals surface area contributed by atoms with Crippen LogP contribution in [-0.2, 0) is 19.1 Å². The van der Waals surface area contributed by atoms with Gasteiger partial charge in [0.15, 0.2) is 0 Å². The highest BCUT2D eigenvalue weighted by molar-refractivity contribution is 5.79. The number of alkyl carbamates (subject to hydrolysis) is 1. The first kappa shape index (κ1) is 23.3. The largest absolute Gasteiger partial charge is 0.481 e. The van der Waals surface area contributed by atoms with Crippen LogP contribution in [-0.4, -0.2) is 55.5 Å². The standard InChI is InChI=1S/C24H28N2O6/c1-16(10-11-23(28)29)26-22(27)15-31-13-12-25-24(30)32-14-21-19-8-4-2-6-17(19)18-7-3-5-9-20(18)21/h2-9,16,21H,10-15H2,1H3,(H,25,30)(H,26,27)(H,28,29). The van der Waals surface area contributed by atoms with Crippen LogP contribution in [0, 0.1) is 0 Å². The lowest BCUT2D eigenvalue weighted by atomic mass is 9.98. The minimum atomic E-state index is -0.901. The van der Waals surface area contributed by atoms with Crippen LogP contribution >= 0.6 is 0 Å². The van der Waals surface area contributed by atoms with E-state index in [2.05, 4.69) is 34.9 Å². The number of carboxylic acid groups (broad SMARTS) is 1. The summed E-state index contributed by atoms with van der Waals surface area (Å²) < 4.78 is 10.7. The Morgan fingerprint density at radius 1 is 1.03 bits per heavy atom. The van der Waals surface area contributed by atoms with Crippen molar-refractivity contribution >= 4 is 18.0 Å². The molecule has 1 unspecified atom stereocenters. The summed E-state index contributed by atoms with van der Waals surface area (Å²) in [5.41, 5.74) is 4.63. The summed E-state index contributed by atoms with van der Waals surface area (Å²) >= 11 is 0. The first-order valence-electron chi connectivity index (χ1n) is 10.6. The molecule has 0 heterocycles. The zero-order chi connectivity index (χ0) is 22.9. The van der Waals surface area contributed by atoms with Crippen LogP contribution in [0.1, 0.15) is 36.8 Å². The molecule has 0 spiro atoms. The van der Waals surface area contributed by atoms with Crippen LogP contribution in [0.5, 0.6) is 0 Å². The fraction of sp³-hybridized carbons (Fsp3) is 0.375. The van der Waals surface area contributed by atoms with Crippen molar-refractivity contribution in [1.82, 2.24) is 10.6 Å². The molecule has 2 amide bonds. The second-order valence-corrected chi connectivity index (χ2v) is 7.71. The summed E-state index contributed by atoms with van der Waals surface area (Å²) in [6, 6.07) is 16.0. The number of hydrogen-bond acceptors (Lipinski definition) is 5. The molecular weight excluding hydrogens is 412 g/mol. The zero-order valence-corrected chi connectivity index (χ0v) is 18.0. The summed E-state index contributed by atoms with van der Waals surface area (Å²) in [5, 5.41) is 13.9. The van der Waals surface area contributed by atoms with Crippen LogP contribution in [0.2, 0.25) is 0 Å². The number of rotatable bonds is 11. The van der Waals surface area contributed by atoms with E-state index in [-0.39, 0.29) is 50.7 Å². The van der Waals surface area contributed by atoms with Gasteiger partial charge in [-0.3, -0.25) is 9.59 Å². The Labute approximate surface area is 186 Å². The van der Waals surface area contributed by atoms with E-state index in [0.29, 0.717) is 6.42 Å². The maximum atomic E-state index is 12.1. The molecule has 1 aliphatic rings. The number of ether oxygens (including phenoxy) is 2. The lowest BCUT2D eigenvalue weighted by Gasteiger charge is -2.15.